The summed E-state index contributed by atoms with van der Waals surface area (Å²) in [4.78, 5) is 10.9. The minimum atomic E-state index is -0.926. The number of carboxylic acids is 1. The fourth-order valence-electron chi connectivity index (χ4n) is 1.54. The summed E-state index contributed by atoms with van der Waals surface area (Å²) in [5.41, 5.74) is 1.01. The molecular formula is C13H17BrO3. The molecule has 1 unspecified atom stereocenters. The van der Waals surface area contributed by atoms with Crippen LogP contribution in [0.3, 0.4) is 0 Å². The van der Waals surface area contributed by atoms with Crippen molar-refractivity contribution in [3.05, 3.63) is 28.2 Å². The summed E-state index contributed by atoms with van der Waals surface area (Å²) in [7, 11) is 0. The molecule has 0 bridgehead atoms. The van der Waals surface area contributed by atoms with E-state index in [1.54, 1.807) is 6.92 Å². The maximum atomic E-state index is 10.9. The van der Waals surface area contributed by atoms with E-state index in [2.05, 4.69) is 29.8 Å². The molecule has 0 aliphatic heterocycles. The molecule has 0 spiro atoms. The lowest BCUT2D eigenvalue weighted by Crippen LogP contribution is -2.26. The van der Waals surface area contributed by atoms with Crippen LogP contribution in [0, 0.1) is 0 Å². The largest absolute Gasteiger partial charge is 0.479 e. The van der Waals surface area contributed by atoms with Crippen molar-refractivity contribution in [2.24, 2.45) is 0 Å². The number of ether oxygens (including phenoxy) is 1. The molecule has 4 heteroatoms. The molecule has 0 aromatic heterocycles. The average Bonchev–Trinajstić information content (AvgIpc) is 2.26. The number of hydrogen-bond donors (Lipinski definition) is 1. The van der Waals surface area contributed by atoms with Crippen LogP contribution in [0.25, 0.3) is 0 Å². The van der Waals surface area contributed by atoms with E-state index in [9.17, 15) is 4.79 Å². The minimum absolute atomic E-state index is 0.286. The van der Waals surface area contributed by atoms with Crippen LogP contribution >= 0.6 is 15.9 Å². The van der Waals surface area contributed by atoms with Gasteiger partial charge in [0.25, 0.3) is 0 Å². The average molecular weight is 301 g/mol. The van der Waals surface area contributed by atoms with Gasteiger partial charge in [-0.1, -0.05) is 36.7 Å². The highest BCUT2D eigenvalue weighted by Crippen LogP contribution is 2.30. The normalized spacial score (nSPS) is 12.5. The van der Waals surface area contributed by atoms with E-state index in [1.165, 1.54) is 0 Å². The molecule has 94 valence electrons. The van der Waals surface area contributed by atoms with Crippen molar-refractivity contribution in [1.29, 1.82) is 0 Å². The fourth-order valence-corrected chi connectivity index (χ4v) is 1.92. The molecule has 1 aromatic carbocycles. The minimum Gasteiger partial charge on any atom is -0.479 e. The molecule has 0 saturated heterocycles. The first kappa shape index (κ1) is 14.0. The van der Waals surface area contributed by atoms with E-state index in [0.29, 0.717) is 12.2 Å². The zero-order valence-corrected chi connectivity index (χ0v) is 11.8. The molecule has 1 N–H and O–H groups in total. The summed E-state index contributed by atoms with van der Waals surface area (Å²) in [6.07, 6.45) is -0.336. The maximum absolute atomic E-state index is 10.9. The van der Waals surface area contributed by atoms with Crippen molar-refractivity contribution in [3.8, 4) is 5.75 Å². The summed E-state index contributed by atoms with van der Waals surface area (Å²) in [5, 5.41) is 8.98. The SMILES string of the molecule is CCC(Oc1ccc(Br)cc1C(C)C)C(=O)O. The molecule has 0 aliphatic rings. The highest BCUT2D eigenvalue weighted by atomic mass is 79.9. The third-order valence-corrected chi connectivity index (χ3v) is 3.00. The molecule has 0 saturated carbocycles. The number of carbonyl (C=O) groups is 1. The fraction of sp³-hybridized carbons (Fsp3) is 0.462. The van der Waals surface area contributed by atoms with Gasteiger partial charge >= 0.3 is 5.97 Å². The van der Waals surface area contributed by atoms with Gasteiger partial charge in [-0.25, -0.2) is 4.79 Å². The zero-order chi connectivity index (χ0) is 13.0. The lowest BCUT2D eigenvalue weighted by molar-refractivity contribution is -0.145. The van der Waals surface area contributed by atoms with Crippen molar-refractivity contribution in [2.75, 3.05) is 0 Å². The summed E-state index contributed by atoms with van der Waals surface area (Å²) < 4.78 is 6.52. The maximum Gasteiger partial charge on any atom is 0.344 e. The highest BCUT2D eigenvalue weighted by molar-refractivity contribution is 9.10. The summed E-state index contributed by atoms with van der Waals surface area (Å²) in [6.45, 7) is 5.90. The van der Waals surface area contributed by atoms with E-state index in [0.717, 1.165) is 10.0 Å². The number of carboxylic acid groups (broad SMARTS) is 1. The van der Waals surface area contributed by atoms with Gasteiger partial charge in [-0.2, -0.15) is 0 Å². The van der Waals surface area contributed by atoms with Crippen molar-refractivity contribution < 1.29 is 14.6 Å². The third-order valence-electron chi connectivity index (χ3n) is 2.51. The van der Waals surface area contributed by atoms with Crippen LogP contribution < -0.4 is 4.74 Å². The van der Waals surface area contributed by atoms with Crippen molar-refractivity contribution >= 4 is 21.9 Å². The number of rotatable bonds is 5. The second kappa shape index (κ2) is 6.05. The van der Waals surface area contributed by atoms with Gasteiger partial charge in [-0.3, -0.25) is 0 Å². The van der Waals surface area contributed by atoms with Gasteiger partial charge in [0.1, 0.15) is 5.75 Å². The quantitative estimate of drug-likeness (QED) is 0.899. The molecule has 1 atom stereocenters. The van der Waals surface area contributed by atoms with Gasteiger partial charge in [0.05, 0.1) is 0 Å². The monoisotopic (exact) mass is 300 g/mol. The third kappa shape index (κ3) is 3.73. The number of hydrogen-bond acceptors (Lipinski definition) is 2. The lowest BCUT2D eigenvalue weighted by atomic mass is 10.0. The molecule has 0 amide bonds. The second-order valence-corrected chi connectivity index (χ2v) is 5.11. The van der Waals surface area contributed by atoms with Crippen LogP contribution in [0.15, 0.2) is 22.7 Å². The van der Waals surface area contributed by atoms with Crippen LogP contribution in [-0.4, -0.2) is 17.2 Å². The second-order valence-electron chi connectivity index (χ2n) is 4.19. The van der Waals surface area contributed by atoms with E-state index in [1.807, 2.05) is 18.2 Å². The molecule has 0 aliphatic carbocycles. The first-order valence-electron chi connectivity index (χ1n) is 5.64. The standard InChI is InChI=1S/C13H17BrO3/c1-4-11(13(15)16)17-12-6-5-9(14)7-10(12)8(2)3/h5-8,11H,4H2,1-3H3,(H,15,16). The Morgan fingerprint density at radius 1 is 1.47 bits per heavy atom. The first-order chi connectivity index (χ1) is 7.95. The topological polar surface area (TPSA) is 46.5 Å². The van der Waals surface area contributed by atoms with E-state index in [-0.39, 0.29) is 5.92 Å². The summed E-state index contributed by atoms with van der Waals surface area (Å²) in [6, 6.07) is 5.63. The van der Waals surface area contributed by atoms with Crippen LogP contribution in [0.2, 0.25) is 0 Å². The molecule has 0 heterocycles. The van der Waals surface area contributed by atoms with Crippen LogP contribution in [0.4, 0.5) is 0 Å². The lowest BCUT2D eigenvalue weighted by Gasteiger charge is -2.18. The van der Waals surface area contributed by atoms with E-state index < -0.39 is 12.1 Å². The Kier molecular flexibility index (Phi) is 5.00. The summed E-state index contributed by atoms with van der Waals surface area (Å²) >= 11 is 3.40. The molecule has 1 aromatic rings. The van der Waals surface area contributed by atoms with Gasteiger partial charge in [0.15, 0.2) is 6.10 Å². The molecule has 0 radical (unpaired) electrons. The van der Waals surface area contributed by atoms with Crippen molar-refractivity contribution in [3.63, 3.8) is 0 Å². The Labute approximate surface area is 110 Å². The van der Waals surface area contributed by atoms with Gasteiger partial charge in [0.2, 0.25) is 0 Å². The van der Waals surface area contributed by atoms with Gasteiger partial charge < -0.3 is 9.84 Å². The number of halogens is 1. The molecule has 17 heavy (non-hydrogen) atoms. The van der Waals surface area contributed by atoms with E-state index >= 15 is 0 Å². The van der Waals surface area contributed by atoms with Crippen LogP contribution in [-0.2, 0) is 4.79 Å². The Bertz CT molecular complexity index is 402. The number of aliphatic carboxylic acids is 1. The molecule has 3 nitrogen and oxygen atoms in total. The molecule has 0 fully saturated rings. The molecule has 1 rings (SSSR count). The highest BCUT2D eigenvalue weighted by Gasteiger charge is 2.19. The van der Waals surface area contributed by atoms with Gasteiger partial charge in [-0.15, -0.1) is 0 Å². The van der Waals surface area contributed by atoms with Crippen molar-refractivity contribution in [1.82, 2.24) is 0 Å². The zero-order valence-electron chi connectivity index (χ0n) is 10.2. The van der Waals surface area contributed by atoms with Crippen molar-refractivity contribution in [2.45, 2.75) is 39.2 Å². The summed E-state index contributed by atoms with van der Waals surface area (Å²) in [5.74, 6) is 0.0105. The van der Waals surface area contributed by atoms with Gasteiger partial charge in [-0.05, 0) is 36.1 Å². The predicted octanol–water partition coefficient (Wildman–Crippen LogP) is 3.81. The number of benzene rings is 1. The van der Waals surface area contributed by atoms with E-state index in [4.69, 9.17) is 9.84 Å². The first-order valence-corrected chi connectivity index (χ1v) is 6.43. The Morgan fingerprint density at radius 2 is 2.12 bits per heavy atom. The Morgan fingerprint density at radius 3 is 2.59 bits per heavy atom. The predicted molar refractivity (Wildman–Crippen MR) is 70.6 cm³/mol. The smallest absolute Gasteiger partial charge is 0.344 e. The van der Waals surface area contributed by atoms with Crippen LogP contribution in [0.1, 0.15) is 38.7 Å². The Hall–Kier alpha value is -1.03. The molecular weight excluding hydrogens is 284 g/mol. The van der Waals surface area contributed by atoms with Gasteiger partial charge in [0, 0.05) is 4.47 Å². The van der Waals surface area contributed by atoms with Crippen LogP contribution in [0.5, 0.6) is 5.75 Å². The Balaban J connectivity index is 3.01.